The number of carbonyl (C=O) groups excluding carboxylic acids is 2. The molecule has 2 amide bonds. The largest absolute Gasteiger partial charge is 0.370 e. The van der Waals surface area contributed by atoms with E-state index < -0.39 is 5.82 Å². The molecule has 2 aliphatic heterocycles. The normalized spacial score (nSPS) is 18.5. The molecule has 2 saturated heterocycles. The number of amides is 2. The Kier molecular flexibility index (Phi) is 5.99. The molecular formula is C27H28FN3O2. The molecule has 33 heavy (non-hydrogen) atoms. The Bertz CT molecular complexity index is 1180. The van der Waals surface area contributed by atoms with E-state index in [-0.39, 0.29) is 23.4 Å². The lowest BCUT2D eigenvalue weighted by Crippen LogP contribution is -2.44. The summed E-state index contributed by atoms with van der Waals surface area (Å²) in [7, 11) is 0. The molecule has 0 aliphatic carbocycles. The van der Waals surface area contributed by atoms with Gasteiger partial charge in [-0.15, -0.1) is 0 Å². The Labute approximate surface area is 193 Å². The van der Waals surface area contributed by atoms with Crippen molar-refractivity contribution in [3.63, 3.8) is 0 Å². The molecule has 3 aromatic rings. The van der Waals surface area contributed by atoms with Gasteiger partial charge in [0, 0.05) is 31.7 Å². The number of anilines is 2. The van der Waals surface area contributed by atoms with E-state index >= 15 is 0 Å². The topological polar surface area (TPSA) is 52.7 Å². The van der Waals surface area contributed by atoms with Crippen molar-refractivity contribution < 1.29 is 14.0 Å². The summed E-state index contributed by atoms with van der Waals surface area (Å²) in [5, 5.41) is 4.79. The van der Waals surface area contributed by atoms with Gasteiger partial charge in [-0.05, 0) is 54.7 Å². The Hall–Kier alpha value is -3.41. The molecule has 0 radical (unpaired) electrons. The van der Waals surface area contributed by atoms with Gasteiger partial charge in [-0.25, -0.2) is 4.39 Å². The lowest BCUT2D eigenvalue weighted by molar-refractivity contribution is -0.121. The Morgan fingerprint density at radius 1 is 0.879 bits per heavy atom. The van der Waals surface area contributed by atoms with E-state index in [0.29, 0.717) is 25.1 Å². The Balaban J connectivity index is 1.33. The second-order valence-electron chi connectivity index (χ2n) is 8.93. The number of fused-ring (bicyclic) bond motifs is 1. The van der Waals surface area contributed by atoms with Crippen molar-refractivity contribution >= 4 is 34.0 Å². The highest BCUT2D eigenvalue weighted by Gasteiger charge is 2.31. The van der Waals surface area contributed by atoms with Gasteiger partial charge in [0.15, 0.2) is 0 Å². The molecule has 0 bridgehead atoms. The maximum absolute atomic E-state index is 14.7. The zero-order valence-electron chi connectivity index (χ0n) is 18.6. The van der Waals surface area contributed by atoms with Gasteiger partial charge in [-0.3, -0.25) is 9.59 Å². The summed E-state index contributed by atoms with van der Waals surface area (Å²) in [6, 6.07) is 18.5. The number of nitrogens with one attached hydrogen (secondary N) is 1. The first-order valence-corrected chi connectivity index (χ1v) is 11.7. The number of hydrogen-bond donors (Lipinski definition) is 1. The maximum atomic E-state index is 14.7. The number of halogens is 1. The summed E-state index contributed by atoms with van der Waals surface area (Å²) in [4.78, 5) is 30.4. The van der Waals surface area contributed by atoms with Crippen LogP contribution in [0.2, 0.25) is 0 Å². The number of benzene rings is 3. The van der Waals surface area contributed by atoms with Crippen molar-refractivity contribution in [1.82, 2.24) is 4.90 Å². The van der Waals surface area contributed by atoms with Crippen molar-refractivity contribution in [1.29, 1.82) is 0 Å². The third kappa shape index (κ3) is 4.30. The predicted octanol–water partition coefficient (Wildman–Crippen LogP) is 5.07. The van der Waals surface area contributed by atoms with E-state index in [4.69, 9.17) is 0 Å². The molecular weight excluding hydrogens is 417 g/mol. The summed E-state index contributed by atoms with van der Waals surface area (Å²) in [5.74, 6) is -1.08. The molecule has 2 heterocycles. The maximum Gasteiger partial charge on any atom is 0.254 e. The minimum atomic E-state index is -0.424. The predicted molar refractivity (Wildman–Crippen MR) is 129 cm³/mol. The van der Waals surface area contributed by atoms with Crippen molar-refractivity contribution in [3.05, 3.63) is 72.0 Å². The number of para-hydroxylation sites is 1. The molecule has 0 saturated carbocycles. The highest BCUT2D eigenvalue weighted by Crippen LogP contribution is 2.32. The van der Waals surface area contributed by atoms with Crippen LogP contribution in [0, 0.1) is 11.7 Å². The van der Waals surface area contributed by atoms with Crippen molar-refractivity contribution in [2.45, 2.75) is 25.7 Å². The fraction of sp³-hybridized carbons (Fsp3) is 0.333. The van der Waals surface area contributed by atoms with Crippen LogP contribution in [-0.2, 0) is 4.79 Å². The summed E-state index contributed by atoms with van der Waals surface area (Å²) in [6.07, 6.45) is 3.55. The van der Waals surface area contributed by atoms with Crippen LogP contribution in [0.25, 0.3) is 10.8 Å². The number of rotatable bonds is 4. The third-order valence-corrected chi connectivity index (χ3v) is 6.79. The smallest absolute Gasteiger partial charge is 0.254 e. The summed E-state index contributed by atoms with van der Waals surface area (Å²) in [5.41, 5.74) is 1.64. The van der Waals surface area contributed by atoms with Crippen LogP contribution in [0.3, 0.4) is 0 Å². The quantitative estimate of drug-likeness (QED) is 0.610. The summed E-state index contributed by atoms with van der Waals surface area (Å²) < 4.78 is 14.7. The van der Waals surface area contributed by atoms with Crippen molar-refractivity contribution in [2.24, 2.45) is 5.92 Å². The van der Waals surface area contributed by atoms with E-state index in [1.54, 1.807) is 11.0 Å². The van der Waals surface area contributed by atoms with Crippen LogP contribution in [0.15, 0.2) is 60.7 Å². The number of hydrogen-bond acceptors (Lipinski definition) is 3. The third-order valence-electron chi connectivity index (χ3n) is 6.79. The van der Waals surface area contributed by atoms with Crippen LogP contribution < -0.4 is 10.2 Å². The highest BCUT2D eigenvalue weighted by molar-refractivity contribution is 6.07. The zero-order valence-corrected chi connectivity index (χ0v) is 18.6. The molecule has 170 valence electrons. The van der Waals surface area contributed by atoms with Gasteiger partial charge >= 0.3 is 0 Å². The minimum absolute atomic E-state index is 0.0621. The second kappa shape index (κ2) is 9.22. The molecule has 3 aromatic carbocycles. The van der Waals surface area contributed by atoms with Gasteiger partial charge in [0.2, 0.25) is 5.91 Å². The van der Waals surface area contributed by atoms with E-state index in [1.807, 2.05) is 48.5 Å². The lowest BCUT2D eigenvalue weighted by atomic mass is 9.95. The Morgan fingerprint density at radius 2 is 1.64 bits per heavy atom. The molecule has 5 rings (SSSR count). The Morgan fingerprint density at radius 3 is 2.48 bits per heavy atom. The number of piperidine rings is 1. The van der Waals surface area contributed by atoms with Gasteiger partial charge in [-0.1, -0.05) is 42.5 Å². The van der Waals surface area contributed by atoms with Crippen LogP contribution >= 0.6 is 0 Å². The second-order valence-corrected chi connectivity index (χ2v) is 8.93. The lowest BCUT2D eigenvalue weighted by Gasteiger charge is -2.32. The SMILES string of the molecule is O=C(Nc1c(F)cccc1N1CCCC1)C1CCCN(C(=O)c2cccc3ccccc23)C1. The molecule has 5 nitrogen and oxygen atoms in total. The fourth-order valence-electron chi connectivity index (χ4n) is 5.04. The fourth-order valence-corrected chi connectivity index (χ4v) is 5.04. The first-order chi connectivity index (χ1) is 16.1. The first kappa shape index (κ1) is 21.4. The molecule has 2 aliphatic rings. The standard InChI is InChI=1S/C27H28FN3O2/c28-23-13-6-14-24(30-15-3-4-16-30)25(23)29-26(32)20-10-7-17-31(18-20)27(33)22-12-5-9-19-8-1-2-11-21(19)22/h1-2,5-6,8-9,11-14,20H,3-4,7,10,15-18H2,(H,29,32). The molecule has 2 fully saturated rings. The first-order valence-electron chi connectivity index (χ1n) is 11.7. The van der Waals surface area contributed by atoms with E-state index in [0.717, 1.165) is 48.8 Å². The van der Waals surface area contributed by atoms with E-state index in [2.05, 4.69) is 10.2 Å². The van der Waals surface area contributed by atoms with Crippen LogP contribution in [0.1, 0.15) is 36.0 Å². The molecule has 1 N–H and O–H groups in total. The minimum Gasteiger partial charge on any atom is -0.370 e. The van der Waals surface area contributed by atoms with E-state index in [9.17, 15) is 14.0 Å². The molecule has 6 heteroatoms. The molecule has 1 unspecified atom stereocenters. The van der Waals surface area contributed by atoms with Crippen LogP contribution in [0.4, 0.5) is 15.8 Å². The van der Waals surface area contributed by atoms with Gasteiger partial charge in [0.05, 0.1) is 11.6 Å². The average molecular weight is 446 g/mol. The van der Waals surface area contributed by atoms with Gasteiger partial charge in [-0.2, -0.15) is 0 Å². The number of likely N-dealkylation sites (tertiary alicyclic amines) is 1. The van der Waals surface area contributed by atoms with Crippen molar-refractivity contribution in [2.75, 3.05) is 36.4 Å². The monoisotopic (exact) mass is 445 g/mol. The summed E-state index contributed by atoms with van der Waals surface area (Å²) in [6.45, 7) is 2.68. The van der Waals surface area contributed by atoms with Crippen LogP contribution in [-0.4, -0.2) is 42.9 Å². The summed E-state index contributed by atoms with van der Waals surface area (Å²) >= 11 is 0. The van der Waals surface area contributed by atoms with Crippen LogP contribution in [0.5, 0.6) is 0 Å². The average Bonchev–Trinajstić information content (AvgIpc) is 3.39. The highest BCUT2D eigenvalue weighted by atomic mass is 19.1. The number of nitrogens with zero attached hydrogens (tertiary/aromatic N) is 2. The van der Waals surface area contributed by atoms with Gasteiger partial charge in [0.25, 0.3) is 5.91 Å². The molecule has 1 atom stereocenters. The van der Waals surface area contributed by atoms with Gasteiger partial charge < -0.3 is 15.1 Å². The molecule has 0 spiro atoms. The zero-order chi connectivity index (χ0) is 22.8. The van der Waals surface area contributed by atoms with Gasteiger partial charge in [0.1, 0.15) is 11.5 Å². The number of carbonyl (C=O) groups is 2. The van der Waals surface area contributed by atoms with E-state index in [1.165, 1.54) is 6.07 Å². The molecule has 0 aromatic heterocycles. The van der Waals surface area contributed by atoms with Crippen molar-refractivity contribution in [3.8, 4) is 0 Å².